The lowest BCUT2D eigenvalue weighted by atomic mass is 9.96. The van der Waals surface area contributed by atoms with E-state index in [1.165, 1.54) is 46.4 Å². The van der Waals surface area contributed by atoms with Crippen molar-refractivity contribution in [3.63, 3.8) is 0 Å². The van der Waals surface area contributed by atoms with Gasteiger partial charge in [-0.25, -0.2) is 4.79 Å². The summed E-state index contributed by atoms with van der Waals surface area (Å²) in [5.41, 5.74) is 2.65. The van der Waals surface area contributed by atoms with Gasteiger partial charge in [0.05, 0.1) is 18.4 Å². The molecule has 1 aliphatic carbocycles. The van der Waals surface area contributed by atoms with Crippen molar-refractivity contribution in [2.45, 2.75) is 83.3 Å². The molecule has 36 heavy (non-hydrogen) atoms. The van der Waals surface area contributed by atoms with Crippen LogP contribution in [0.4, 0.5) is 5.00 Å². The SMILES string of the molecule is CCCc1cc(-c2nnc(SCC(=O)Nc3sc4c(c3C(=O)OC)CCCCCC4)n2C(C)C)cs1. The van der Waals surface area contributed by atoms with Crippen LogP contribution in [0.15, 0.2) is 16.6 Å². The van der Waals surface area contributed by atoms with Gasteiger partial charge in [0.1, 0.15) is 5.00 Å². The third-order valence-electron chi connectivity index (χ3n) is 6.24. The van der Waals surface area contributed by atoms with Crippen molar-refractivity contribution in [3.8, 4) is 11.4 Å². The predicted octanol–water partition coefficient (Wildman–Crippen LogP) is 6.78. The average molecular weight is 547 g/mol. The van der Waals surface area contributed by atoms with Crippen LogP contribution in [0.2, 0.25) is 0 Å². The fourth-order valence-electron chi connectivity index (χ4n) is 4.53. The molecule has 194 valence electrons. The second-order valence-corrected chi connectivity index (χ2v) is 12.3. The molecule has 4 rings (SSSR count). The van der Waals surface area contributed by atoms with E-state index < -0.39 is 0 Å². The standard InChI is InChI=1S/C26H34N4O3S3/c1-5-10-18-13-17(14-34-18)23-28-29-26(30(23)16(2)3)35-15-21(31)27-24-22(25(32)33-4)19-11-8-6-7-9-12-20(19)36-24/h13-14,16H,5-12,15H2,1-4H3,(H,27,31). The van der Waals surface area contributed by atoms with Crippen LogP contribution < -0.4 is 5.32 Å². The fraction of sp³-hybridized carbons (Fsp3) is 0.538. The number of nitrogens with one attached hydrogen (secondary N) is 1. The molecule has 0 unspecified atom stereocenters. The van der Waals surface area contributed by atoms with Crippen LogP contribution in [0.25, 0.3) is 11.4 Å². The number of esters is 1. The number of carbonyl (C=O) groups excluding carboxylic acids is 2. The summed E-state index contributed by atoms with van der Waals surface area (Å²) in [4.78, 5) is 28.2. The molecule has 1 amide bonds. The van der Waals surface area contributed by atoms with E-state index in [-0.39, 0.29) is 23.7 Å². The first kappa shape index (κ1) is 26.9. The molecule has 0 saturated carbocycles. The van der Waals surface area contributed by atoms with Gasteiger partial charge in [-0.2, -0.15) is 0 Å². The summed E-state index contributed by atoms with van der Waals surface area (Å²) >= 11 is 4.63. The van der Waals surface area contributed by atoms with Crippen LogP contribution in [0.3, 0.4) is 0 Å². The maximum absolute atomic E-state index is 13.0. The number of hydrogen-bond acceptors (Lipinski definition) is 8. The van der Waals surface area contributed by atoms with Crippen molar-refractivity contribution >= 4 is 51.3 Å². The molecule has 1 aliphatic rings. The van der Waals surface area contributed by atoms with E-state index in [1.807, 2.05) is 0 Å². The van der Waals surface area contributed by atoms with Gasteiger partial charge < -0.3 is 10.1 Å². The molecule has 0 saturated heterocycles. The molecular weight excluding hydrogens is 513 g/mol. The van der Waals surface area contributed by atoms with Crippen LogP contribution in [-0.2, 0) is 28.8 Å². The van der Waals surface area contributed by atoms with Crippen molar-refractivity contribution in [3.05, 3.63) is 32.3 Å². The van der Waals surface area contributed by atoms with E-state index in [2.05, 4.69) is 52.3 Å². The van der Waals surface area contributed by atoms with Crippen molar-refractivity contribution in [1.29, 1.82) is 0 Å². The number of rotatable bonds is 9. The first-order valence-electron chi connectivity index (χ1n) is 12.6. The van der Waals surface area contributed by atoms with E-state index in [1.54, 1.807) is 11.3 Å². The summed E-state index contributed by atoms with van der Waals surface area (Å²) in [6.07, 6.45) is 8.48. The topological polar surface area (TPSA) is 86.1 Å². The Morgan fingerprint density at radius 1 is 1.19 bits per heavy atom. The number of aromatic nitrogens is 3. The lowest BCUT2D eigenvalue weighted by Crippen LogP contribution is -2.17. The lowest BCUT2D eigenvalue weighted by Gasteiger charge is -2.13. The maximum Gasteiger partial charge on any atom is 0.341 e. The number of methoxy groups -OCH3 is 1. The van der Waals surface area contributed by atoms with Gasteiger partial charge in [0.15, 0.2) is 11.0 Å². The van der Waals surface area contributed by atoms with Gasteiger partial charge in [-0.3, -0.25) is 9.36 Å². The Bertz CT molecular complexity index is 1210. The van der Waals surface area contributed by atoms with Gasteiger partial charge in [-0.15, -0.1) is 32.9 Å². The highest BCUT2D eigenvalue weighted by atomic mass is 32.2. The number of fused-ring (bicyclic) bond motifs is 1. The Balaban J connectivity index is 1.50. The third-order valence-corrected chi connectivity index (χ3v) is 9.38. The number of amides is 1. The molecule has 3 aromatic heterocycles. The monoisotopic (exact) mass is 546 g/mol. The van der Waals surface area contributed by atoms with E-state index in [0.29, 0.717) is 15.7 Å². The number of thiophene rings is 2. The molecule has 0 fully saturated rings. The van der Waals surface area contributed by atoms with Gasteiger partial charge in [0.25, 0.3) is 0 Å². The molecule has 0 aromatic carbocycles. The molecule has 3 heterocycles. The van der Waals surface area contributed by atoms with Crippen LogP contribution in [-0.4, -0.2) is 39.5 Å². The zero-order valence-corrected chi connectivity index (χ0v) is 23.8. The normalized spacial score (nSPS) is 13.8. The van der Waals surface area contributed by atoms with E-state index in [4.69, 9.17) is 4.74 Å². The smallest absolute Gasteiger partial charge is 0.341 e. The first-order chi connectivity index (χ1) is 17.4. The van der Waals surface area contributed by atoms with Crippen molar-refractivity contribution in [2.24, 2.45) is 0 Å². The second-order valence-electron chi connectivity index (χ2n) is 9.27. The molecule has 0 bridgehead atoms. The molecule has 0 radical (unpaired) electrons. The molecule has 3 aromatic rings. The average Bonchev–Trinajstić information content (AvgIpc) is 3.55. The summed E-state index contributed by atoms with van der Waals surface area (Å²) in [5.74, 6) is 0.467. The highest BCUT2D eigenvalue weighted by Crippen LogP contribution is 2.38. The quantitative estimate of drug-likeness (QED) is 0.235. The van der Waals surface area contributed by atoms with Crippen LogP contribution >= 0.6 is 34.4 Å². The molecule has 0 atom stereocenters. The molecule has 0 spiro atoms. The largest absolute Gasteiger partial charge is 0.465 e. The Morgan fingerprint density at radius 3 is 2.69 bits per heavy atom. The molecule has 7 nitrogen and oxygen atoms in total. The van der Waals surface area contributed by atoms with E-state index >= 15 is 0 Å². The second kappa shape index (κ2) is 12.4. The van der Waals surface area contributed by atoms with E-state index in [0.717, 1.165) is 61.9 Å². The summed E-state index contributed by atoms with van der Waals surface area (Å²) < 4.78 is 7.17. The van der Waals surface area contributed by atoms with E-state index in [9.17, 15) is 9.59 Å². The summed E-state index contributed by atoms with van der Waals surface area (Å²) in [6.45, 7) is 6.37. The zero-order valence-electron chi connectivity index (χ0n) is 21.4. The number of nitrogens with zero attached hydrogens (tertiary/aromatic N) is 3. The van der Waals surface area contributed by atoms with Crippen LogP contribution in [0, 0.1) is 0 Å². The maximum atomic E-state index is 13.0. The Kier molecular flexibility index (Phi) is 9.25. The minimum Gasteiger partial charge on any atom is -0.465 e. The van der Waals surface area contributed by atoms with Gasteiger partial charge in [0, 0.05) is 26.7 Å². The number of thioether (sulfide) groups is 1. The summed E-state index contributed by atoms with van der Waals surface area (Å²) in [7, 11) is 1.39. The molecular formula is C26H34N4O3S3. The Hall–Kier alpha value is -2.17. The highest BCUT2D eigenvalue weighted by molar-refractivity contribution is 7.99. The van der Waals surface area contributed by atoms with Crippen molar-refractivity contribution < 1.29 is 14.3 Å². The van der Waals surface area contributed by atoms with Gasteiger partial charge >= 0.3 is 5.97 Å². The first-order valence-corrected chi connectivity index (χ1v) is 15.3. The van der Waals surface area contributed by atoms with Crippen LogP contribution in [0.5, 0.6) is 0 Å². The van der Waals surface area contributed by atoms with Gasteiger partial charge in [0.2, 0.25) is 5.91 Å². The molecule has 1 N–H and O–H groups in total. The number of hydrogen-bond donors (Lipinski definition) is 1. The highest BCUT2D eigenvalue weighted by Gasteiger charge is 2.26. The number of ether oxygens (including phenoxy) is 1. The fourth-order valence-corrected chi connectivity index (χ4v) is 7.66. The number of carbonyl (C=O) groups is 2. The molecule has 0 aliphatic heterocycles. The zero-order chi connectivity index (χ0) is 25.7. The summed E-state index contributed by atoms with van der Waals surface area (Å²) in [5, 5.41) is 15.3. The summed E-state index contributed by atoms with van der Waals surface area (Å²) in [6, 6.07) is 2.34. The minimum atomic E-state index is -0.376. The molecule has 10 heteroatoms. The Morgan fingerprint density at radius 2 is 1.97 bits per heavy atom. The van der Waals surface area contributed by atoms with Gasteiger partial charge in [-0.05, 0) is 57.6 Å². The Labute approximate surface area is 225 Å². The van der Waals surface area contributed by atoms with Crippen molar-refractivity contribution in [2.75, 3.05) is 18.2 Å². The number of aryl methyl sites for hydroxylation is 2. The lowest BCUT2D eigenvalue weighted by molar-refractivity contribution is -0.113. The van der Waals surface area contributed by atoms with Crippen LogP contribution in [0.1, 0.15) is 84.6 Å². The number of anilines is 1. The third kappa shape index (κ3) is 6.03. The van der Waals surface area contributed by atoms with Gasteiger partial charge in [-0.1, -0.05) is 37.9 Å². The van der Waals surface area contributed by atoms with Crippen molar-refractivity contribution in [1.82, 2.24) is 14.8 Å². The predicted molar refractivity (Wildman–Crippen MR) is 149 cm³/mol. The minimum absolute atomic E-state index is 0.151.